The van der Waals surface area contributed by atoms with E-state index in [1.807, 2.05) is 71.6 Å². The van der Waals surface area contributed by atoms with Crippen LogP contribution in [0.25, 0.3) is 0 Å². The molecular formula is C28H29N3O2. The van der Waals surface area contributed by atoms with E-state index in [-0.39, 0.29) is 11.8 Å². The number of amides is 2. The molecule has 2 aliphatic rings. The van der Waals surface area contributed by atoms with Gasteiger partial charge < -0.3 is 10.2 Å². The number of fused-ring (bicyclic) bond motifs is 1. The Labute approximate surface area is 194 Å². The van der Waals surface area contributed by atoms with Crippen molar-refractivity contribution in [1.82, 2.24) is 10.3 Å². The van der Waals surface area contributed by atoms with Gasteiger partial charge in [0.15, 0.2) is 0 Å². The van der Waals surface area contributed by atoms with Gasteiger partial charge in [0.05, 0.1) is 11.5 Å². The van der Waals surface area contributed by atoms with Crippen LogP contribution in [0.15, 0.2) is 79.1 Å². The van der Waals surface area contributed by atoms with Crippen LogP contribution in [0.1, 0.15) is 59.5 Å². The molecule has 33 heavy (non-hydrogen) atoms. The molecule has 0 saturated heterocycles. The van der Waals surface area contributed by atoms with E-state index in [9.17, 15) is 9.59 Å². The molecule has 5 rings (SSSR count). The number of rotatable bonds is 5. The van der Waals surface area contributed by atoms with E-state index in [1.165, 1.54) is 0 Å². The highest BCUT2D eigenvalue weighted by Gasteiger charge is 2.55. The van der Waals surface area contributed by atoms with E-state index in [0.717, 1.165) is 55.3 Å². The quantitative estimate of drug-likeness (QED) is 0.616. The normalized spacial score (nSPS) is 19.2. The second-order valence-corrected chi connectivity index (χ2v) is 9.06. The minimum atomic E-state index is -0.550. The summed E-state index contributed by atoms with van der Waals surface area (Å²) in [5.41, 5.74) is 2.95. The molecule has 1 fully saturated rings. The summed E-state index contributed by atoms with van der Waals surface area (Å²) in [5, 5.41) is 3.20. The van der Waals surface area contributed by atoms with Gasteiger partial charge in [-0.2, -0.15) is 0 Å². The molecule has 2 aromatic carbocycles. The lowest BCUT2D eigenvalue weighted by molar-refractivity contribution is -0.124. The van der Waals surface area contributed by atoms with Gasteiger partial charge in [0, 0.05) is 30.2 Å². The number of carbonyl (C=O) groups excluding carboxylic acids is 2. The molecule has 1 aliphatic carbocycles. The fourth-order valence-corrected chi connectivity index (χ4v) is 5.68. The molecule has 1 N–H and O–H groups in total. The molecule has 0 radical (unpaired) electrons. The minimum Gasteiger partial charge on any atom is -0.355 e. The van der Waals surface area contributed by atoms with E-state index in [0.29, 0.717) is 12.1 Å². The highest BCUT2D eigenvalue weighted by Crippen LogP contribution is 2.50. The van der Waals surface area contributed by atoms with Crippen molar-refractivity contribution in [2.45, 2.75) is 50.0 Å². The first-order valence-corrected chi connectivity index (χ1v) is 11.9. The van der Waals surface area contributed by atoms with Crippen molar-refractivity contribution in [1.29, 1.82) is 0 Å². The van der Waals surface area contributed by atoms with Gasteiger partial charge in [-0.1, -0.05) is 55.7 Å². The number of aromatic nitrogens is 1. The monoisotopic (exact) mass is 439 g/mol. The molecule has 5 heteroatoms. The molecule has 1 aliphatic heterocycles. The Balaban J connectivity index is 1.54. The first-order chi connectivity index (χ1) is 16.2. The Morgan fingerprint density at radius 3 is 2.39 bits per heavy atom. The van der Waals surface area contributed by atoms with Crippen LogP contribution < -0.4 is 10.2 Å². The van der Waals surface area contributed by atoms with Gasteiger partial charge in [0.25, 0.3) is 5.91 Å². The third-order valence-electron chi connectivity index (χ3n) is 7.15. The maximum atomic E-state index is 13.8. The van der Waals surface area contributed by atoms with Gasteiger partial charge >= 0.3 is 0 Å². The Hall–Kier alpha value is -3.47. The van der Waals surface area contributed by atoms with Crippen molar-refractivity contribution in [3.05, 3.63) is 95.8 Å². The Kier molecular flexibility index (Phi) is 5.95. The first-order valence-electron chi connectivity index (χ1n) is 11.9. The van der Waals surface area contributed by atoms with E-state index in [4.69, 9.17) is 0 Å². The van der Waals surface area contributed by atoms with Crippen LogP contribution in [0.5, 0.6) is 0 Å². The number of nitrogens with zero attached hydrogens (tertiary/aromatic N) is 2. The highest BCUT2D eigenvalue weighted by molar-refractivity contribution is 6.12. The summed E-state index contributed by atoms with van der Waals surface area (Å²) in [4.78, 5) is 33.7. The maximum Gasteiger partial charge on any atom is 0.259 e. The highest BCUT2D eigenvalue weighted by atomic mass is 16.2. The summed E-state index contributed by atoms with van der Waals surface area (Å²) in [6.45, 7) is 0.552. The second-order valence-electron chi connectivity index (χ2n) is 9.06. The number of carbonyl (C=O) groups is 2. The Morgan fingerprint density at radius 2 is 1.64 bits per heavy atom. The summed E-state index contributed by atoms with van der Waals surface area (Å²) in [5.74, 6) is -0.393. The molecule has 0 bridgehead atoms. The average molecular weight is 440 g/mol. The number of benzene rings is 2. The van der Waals surface area contributed by atoms with E-state index >= 15 is 0 Å². The standard InChI is InChI=1S/C28H29N3O2/c32-26(30-20-15-21-13-18-29-19-14-21)25-23-11-5-6-12-24(23)27(33)31(22-9-3-1-4-10-22)28(25)16-7-2-8-17-28/h1,3-6,9-14,18-19,25H,2,7-8,15-17,20H2,(H,30,32). The third kappa shape index (κ3) is 3.92. The third-order valence-corrected chi connectivity index (χ3v) is 7.15. The average Bonchev–Trinajstić information content (AvgIpc) is 2.86. The van der Waals surface area contributed by atoms with Crippen molar-refractivity contribution in [3.63, 3.8) is 0 Å². The second kappa shape index (κ2) is 9.18. The number of anilines is 1. The topological polar surface area (TPSA) is 62.3 Å². The molecule has 3 aromatic rings. The lowest BCUT2D eigenvalue weighted by Crippen LogP contribution is -2.63. The minimum absolute atomic E-state index is 0.000430. The van der Waals surface area contributed by atoms with Crippen LogP contribution in [-0.4, -0.2) is 28.9 Å². The number of hydrogen-bond acceptors (Lipinski definition) is 3. The number of nitrogens with one attached hydrogen (secondary N) is 1. The van der Waals surface area contributed by atoms with Gasteiger partial charge in [-0.15, -0.1) is 0 Å². The van der Waals surface area contributed by atoms with Gasteiger partial charge in [0.1, 0.15) is 0 Å². The summed E-state index contributed by atoms with van der Waals surface area (Å²) in [6.07, 6.45) is 9.10. The molecule has 2 amide bonds. The molecule has 1 unspecified atom stereocenters. The van der Waals surface area contributed by atoms with Crippen LogP contribution in [0.4, 0.5) is 5.69 Å². The predicted molar refractivity (Wildman–Crippen MR) is 129 cm³/mol. The van der Waals surface area contributed by atoms with Crippen molar-refractivity contribution < 1.29 is 9.59 Å². The lowest BCUT2D eigenvalue weighted by Gasteiger charge is -2.53. The number of pyridine rings is 1. The summed E-state index contributed by atoms with van der Waals surface area (Å²) < 4.78 is 0. The molecule has 1 atom stereocenters. The molecule has 2 heterocycles. The van der Waals surface area contributed by atoms with Gasteiger partial charge in [0.2, 0.25) is 5.91 Å². The van der Waals surface area contributed by atoms with Gasteiger partial charge in [-0.05, 0) is 60.7 Å². The molecule has 1 aromatic heterocycles. The first kappa shape index (κ1) is 21.4. The fraction of sp³-hybridized carbons (Fsp3) is 0.321. The molecule has 168 valence electrons. The van der Waals surface area contributed by atoms with E-state index in [2.05, 4.69) is 10.3 Å². The van der Waals surface area contributed by atoms with Crippen molar-refractivity contribution in [3.8, 4) is 0 Å². The van der Waals surface area contributed by atoms with Crippen LogP contribution in [0.2, 0.25) is 0 Å². The zero-order valence-corrected chi connectivity index (χ0v) is 18.7. The van der Waals surface area contributed by atoms with Crippen LogP contribution in [-0.2, 0) is 11.2 Å². The summed E-state index contributed by atoms with van der Waals surface area (Å²) >= 11 is 0. The molecule has 1 spiro atoms. The largest absolute Gasteiger partial charge is 0.355 e. The van der Waals surface area contributed by atoms with Crippen LogP contribution in [0.3, 0.4) is 0 Å². The molecule has 1 saturated carbocycles. The fourth-order valence-electron chi connectivity index (χ4n) is 5.68. The van der Waals surface area contributed by atoms with Crippen molar-refractivity contribution >= 4 is 17.5 Å². The molecule has 5 nitrogen and oxygen atoms in total. The van der Waals surface area contributed by atoms with Crippen LogP contribution >= 0.6 is 0 Å². The van der Waals surface area contributed by atoms with Gasteiger partial charge in [-0.25, -0.2) is 0 Å². The van der Waals surface area contributed by atoms with Gasteiger partial charge in [-0.3, -0.25) is 14.6 Å². The summed E-state index contributed by atoms with van der Waals surface area (Å²) in [6, 6.07) is 21.5. The smallest absolute Gasteiger partial charge is 0.259 e. The zero-order valence-electron chi connectivity index (χ0n) is 18.7. The Bertz CT molecular complexity index is 1120. The number of para-hydroxylation sites is 1. The van der Waals surface area contributed by atoms with E-state index < -0.39 is 11.5 Å². The zero-order chi connectivity index (χ0) is 22.7. The molecular weight excluding hydrogens is 410 g/mol. The predicted octanol–water partition coefficient (Wildman–Crippen LogP) is 4.89. The number of hydrogen-bond donors (Lipinski definition) is 1. The van der Waals surface area contributed by atoms with Crippen molar-refractivity contribution in [2.75, 3.05) is 11.4 Å². The lowest BCUT2D eigenvalue weighted by atomic mass is 9.65. The summed E-state index contributed by atoms with van der Waals surface area (Å²) in [7, 11) is 0. The maximum absolute atomic E-state index is 13.8. The van der Waals surface area contributed by atoms with Crippen LogP contribution in [0, 0.1) is 0 Å². The SMILES string of the molecule is O=C(NCCc1ccncc1)C1c2ccccc2C(=O)N(c2ccccc2)C12CCCCC2. The van der Waals surface area contributed by atoms with E-state index in [1.54, 1.807) is 12.4 Å². The Morgan fingerprint density at radius 1 is 0.939 bits per heavy atom. The van der Waals surface area contributed by atoms with Crippen molar-refractivity contribution in [2.24, 2.45) is 0 Å².